The molecule has 0 spiro atoms. The average Bonchev–Trinajstić information content (AvgIpc) is 2.89. The number of halogens is 1. The summed E-state index contributed by atoms with van der Waals surface area (Å²) >= 11 is 10.9. The lowest BCUT2D eigenvalue weighted by Crippen LogP contribution is -2.53. The highest BCUT2D eigenvalue weighted by atomic mass is 35.5. The van der Waals surface area contributed by atoms with Crippen molar-refractivity contribution in [1.29, 1.82) is 0 Å². The van der Waals surface area contributed by atoms with Crippen molar-refractivity contribution in [3.63, 3.8) is 0 Å². The number of carbonyl (C=O) groups is 3. The SMILES string of the molecule is CCCCCCCN(C(=O)C(CS)NC(=O)OC(C)(C)C)C(C(=O)Nc1c(C)cccc1Cl)c1cccc(C)c1C. The molecule has 0 radical (unpaired) electrons. The number of rotatable bonds is 13. The molecule has 0 aliphatic heterocycles. The van der Waals surface area contributed by atoms with E-state index in [0.717, 1.165) is 42.4 Å². The lowest BCUT2D eigenvalue weighted by atomic mass is 9.94. The minimum atomic E-state index is -0.994. The molecule has 226 valence electrons. The molecule has 2 aromatic rings. The van der Waals surface area contributed by atoms with Gasteiger partial charge < -0.3 is 20.3 Å². The molecule has 2 rings (SSSR count). The third-order valence-corrected chi connectivity index (χ3v) is 7.61. The van der Waals surface area contributed by atoms with Crippen LogP contribution in [0.2, 0.25) is 5.02 Å². The lowest BCUT2D eigenvalue weighted by molar-refractivity contribution is -0.140. The van der Waals surface area contributed by atoms with Gasteiger partial charge in [-0.2, -0.15) is 12.6 Å². The van der Waals surface area contributed by atoms with Crippen molar-refractivity contribution in [2.24, 2.45) is 0 Å². The molecule has 7 nitrogen and oxygen atoms in total. The molecule has 0 saturated carbocycles. The second-order valence-corrected chi connectivity index (χ2v) is 12.2. The number of nitrogens with one attached hydrogen (secondary N) is 2. The maximum absolute atomic E-state index is 14.2. The van der Waals surface area contributed by atoms with Gasteiger partial charge in [-0.3, -0.25) is 9.59 Å². The van der Waals surface area contributed by atoms with Gasteiger partial charge in [0.05, 0.1) is 10.7 Å². The van der Waals surface area contributed by atoms with E-state index in [4.69, 9.17) is 16.3 Å². The molecule has 3 amide bonds. The van der Waals surface area contributed by atoms with E-state index in [2.05, 4.69) is 30.2 Å². The summed E-state index contributed by atoms with van der Waals surface area (Å²) in [6.45, 7) is 13.5. The Bertz CT molecular complexity index is 1180. The van der Waals surface area contributed by atoms with Gasteiger partial charge >= 0.3 is 6.09 Å². The quantitative estimate of drug-likeness (QED) is 0.163. The summed E-state index contributed by atoms with van der Waals surface area (Å²) in [6, 6.07) is 9.18. The number of ether oxygens (including phenoxy) is 1. The number of benzene rings is 2. The fourth-order valence-electron chi connectivity index (χ4n) is 4.59. The Labute approximate surface area is 256 Å². The Hall–Kier alpha value is -2.71. The van der Waals surface area contributed by atoms with E-state index in [0.29, 0.717) is 29.2 Å². The molecule has 2 unspecified atom stereocenters. The molecule has 0 aliphatic rings. The zero-order chi connectivity index (χ0) is 30.7. The normalized spacial score (nSPS) is 12.8. The number of carbonyl (C=O) groups excluding carboxylic acids is 3. The van der Waals surface area contributed by atoms with Crippen molar-refractivity contribution in [2.75, 3.05) is 17.6 Å². The Morgan fingerprint density at radius 3 is 2.22 bits per heavy atom. The van der Waals surface area contributed by atoms with E-state index < -0.39 is 29.7 Å². The molecule has 0 fully saturated rings. The van der Waals surface area contributed by atoms with Gasteiger partial charge in [0.1, 0.15) is 17.7 Å². The van der Waals surface area contributed by atoms with Gasteiger partial charge in [0.2, 0.25) is 5.91 Å². The highest BCUT2D eigenvalue weighted by molar-refractivity contribution is 7.80. The van der Waals surface area contributed by atoms with Gasteiger partial charge in [0.15, 0.2) is 0 Å². The van der Waals surface area contributed by atoms with E-state index in [1.54, 1.807) is 31.7 Å². The number of alkyl carbamates (subject to hydrolysis) is 1. The average molecular weight is 604 g/mol. The molecule has 0 aromatic heterocycles. The number of thiol groups is 1. The number of anilines is 1. The highest BCUT2D eigenvalue weighted by Gasteiger charge is 2.37. The fraction of sp³-hybridized carbons (Fsp3) is 0.531. The summed E-state index contributed by atoms with van der Waals surface area (Å²) in [6.07, 6.45) is 4.12. The Kier molecular flexibility index (Phi) is 13.5. The van der Waals surface area contributed by atoms with Crippen LogP contribution in [0, 0.1) is 20.8 Å². The van der Waals surface area contributed by atoms with Crippen molar-refractivity contribution >= 4 is 47.8 Å². The Morgan fingerprint density at radius 1 is 0.976 bits per heavy atom. The van der Waals surface area contributed by atoms with Crippen LogP contribution < -0.4 is 10.6 Å². The standard InChI is InChI=1S/C32H46ClN3O4S/c1-8-9-10-11-12-19-36(30(38)26(20-41)34-31(39)40-32(5,6)7)28(24-17-13-15-21(2)23(24)4)29(37)35-27-22(3)16-14-18-25(27)33/h13-18,26,28,41H,8-12,19-20H2,1-7H3,(H,34,39)(H,35,37). The van der Waals surface area contributed by atoms with Crippen molar-refractivity contribution in [2.45, 2.75) is 98.3 Å². The van der Waals surface area contributed by atoms with E-state index in [-0.39, 0.29) is 11.7 Å². The second kappa shape index (κ2) is 16.1. The molecule has 0 saturated heterocycles. The minimum Gasteiger partial charge on any atom is -0.444 e. The second-order valence-electron chi connectivity index (χ2n) is 11.4. The molecule has 9 heteroatoms. The summed E-state index contributed by atoms with van der Waals surface area (Å²) in [7, 11) is 0. The zero-order valence-corrected chi connectivity index (χ0v) is 27.1. The van der Waals surface area contributed by atoms with E-state index in [9.17, 15) is 14.4 Å². The first-order valence-electron chi connectivity index (χ1n) is 14.3. The number of para-hydroxylation sites is 1. The molecule has 2 aromatic carbocycles. The summed E-state index contributed by atoms with van der Waals surface area (Å²) in [5.41, 5.74) is 3.20. The third-order valence-electron chi connectivity index (χ3n) is 6.93. The summed E-state index contributed by atoms with van der Waals surface area (Å²) < 4.78 is 5.41. The molecule has 0 bridgehead atoms. The van der Waals surface area contributed by atoms with Crippen LogP contribution in [0.5, 0.6) is 0 Å². The molecular weight excluding hydrogens is 558 g/mol. The van der Waals surface area contributed by atoms with E-state index in [1.807, 2.05) is 51.1 Å². The van der Waals surface area contributed by atoms with Crippen LogP contribution in [0.3, 0.4) is 0 Å². The van der Waals surface area contributed by atoms with Gasteiger partial charge in [0, 0.05) is 12.3 Å². The first-order valence-corrected chi connectivity index (χ1v) is 15.3. The minimum absolute atomic E-state index is 0.0369. The van der Waals surface area contributed by atoms with Crippen LogP contribution in [0.25, 0.3) is 0 Å². The Balaban J connectivity index is 2.57. The Morgan fingerprint density at radius 2 is 1.61 bits per heavy atom. The van der Waals surface area contributed by atoms with Crippen LogP contribution >= 0.6 is 24.2 Å². The number of hydrogen-bond acceptors (Lipinski definition) is 5. The largest absolute Gasteiger partial charge is 0.444 e. The molecule has 0 aliphatic carbocycles. The number of unbranched alkanes of at least 4 members (excludes halogenated alkanes) is 4. The third kappa shape index (κ3) is 10.3. The molecule has 2 N–H and O–H groups in total. The monoisotopic (exact) mass is 603 g/mol. The van der Waals surface area contributed by atoms with Gasteiger partial charge in [-0.1, -0.05) is 74.5 Å². The lowest BCUT2D eigenvalue weighted by Gasteiger charge is -2.35. The fourth-order valence-corrected chi connectivity index (χ4v) is 5.11. The number of amides is 3. The number of aryl methyl sites for hydroxylation is 2. The first-order chi connectivity index (χ1) is 19.3. The molecule has 41 heavy (non-hydrogen) atoms. The number of nitrogens with zero attached hydrogens (tertiary/aromatic N) is 1. The molecular formula is C32H46ClN3O4S. The van der Waals surface area contributed by atoms with E-state index in [1.165, 1.54) is 0 Å². The van der Waals surface area contributed by atoms with Crippen molar-refractivity contribution in [3.05, 3.63) is 63.7 Å². The van der Waals surface area contributed by atoms with Crippen LogP contribution in [0.4, 0.5) is 10.5 Å². The topological polar surface area (TPSA) is 87.7 Å². The van der Waals surface area contributed by atoms with Crippen LogP contribution in [0.1, 0.15) is 88.1 Å². The van der Waals surface area contributed by atoms with Crippen molar-refractivity contribution in [1.82, 2.24) is 10.2 Å². The van der Waals surface area contributed by atoms with Crippen LogP contribution in [-0.4, -0.2) is 46.7 Å². The molecule has 0 heterocycles. The first kappa shape index (κ1) is 34.5. The van der Waals surface area contributed by atoms with Crippen molar-refractivity contribution < 1.29 is 19.1 Å². The van der Waals surface area contributed by atoms with Gasteiger partial charge in [0.25, 0.3) is 5.91 Å². The van der Waals surface area contributed by atoms with Crippen LogP contribution in [-0.2, 0) is 14.3 Å². The van der Waals surface area contributed by atoms with Crippen molar-refractivity contribution in [3.8, 4) is 0 Å². The van der Waals surface area contributed by atoms with Gasteiger partial charge in [-0.15, -0.1) is 0 Å². The summed E-state index contributed by atoms with van der Waals surface area (Å²) in [4.78, 5) is 42.6. The van der Waals surface area contributed by atoms with Gasteiger partial charge in [-0.05, 0) is 76.3 Å². The summed E-state index contributed by atoms with van der Waals surface area (Å²) in [5, 5.41) is 6.09. The predicted molar refractivity (Wildman–Crippen MR) is 171 cm³/mol. The molecule has 2 atom stereocenters. The highest BCUT2D eigenvalue weighted by Crippen LogP contribution is 2.32. The van der Waals surface area contributed by atoms with Gasteiger partial charge in [-0.25, -0.2) is 4.79 Å². The smallest absolute Gasteiger partial charge is 0.408 e. The zero-order valence-electron chi connectivity index (χ0n) is 25.5. The predicted octanol–water partition coefficient (Wildman–Crippen LogP) is 7.57. The number of hydrogen-bond donors (Lipinski definition) is 3. The maximum Gasteiger partial charge on any atom is 0.408 e. The summed E-state index contributed by atoms with van der Waals surface area (Å²) in [5.74, 6) is -0.750. The van der Waals surface area contributed by atoms with Crippen LogP contribution in [0.15, 0.2) is 36.4 Å². The van der Waals surface area contributed by atoms with E-state index >= 15 is 0 Å². The maximum atomic E-state index is 14.2.